The number of halogens is 6. The molecule has 6 unspecified atom stereocenters. The summed E-state index contributed by atoms with van der Waals surface area (Å²) < 4.78 is 21.5. The predicted molar refractivity (Wildman–Crippen MR) is 193 cm³/mol. The smallest absolute Gasteiger partial charge is 0.423 e. The first-order valence-electron chi connectivity index (χ1n) is 16.0. The lowest BCUT2D eigenvalue weighted by Crippen LogP contribution is -2.28. The molecule has 0 heterocycles. The highest BCUT2D eigenvalue weighted by atomic mass is 35.5. The molecule has 14 heteroatoms. The van der Waals surface area contributed by atoms with Crippen LogP contribution < -0.4 is 9.47 Å². The maximum absolute atomic E-state index is 13.3. The summed E-state index contributed by atoms with van der Waals surface area (Å²) in [6.45, 7) is 14.6. The zero-order valence-electron chi connectivity index (χ0n) is 28.3. The van der Waals surface area contributed by atoms with E-state index in [2.05, 4.69) is 34.6 Å². The fourth-order valence-electron chi connectivity index (χ4n) is 5.60. The first-order valence-corrected chi connectivity index (χ1v) is 18.3. The summed E-state index contributed by atoms with van der Waals surface area (Å²) in [4.78, 5) is 52.6. The predicted octanol–water partition coefficient (Wildman–Crippen LogP) is 11.2. The first-order chi connectivity index (χ1) is 22.9. The van der Waals surface area contributed by atoms with Crippen LogP contribution in [0.3, 0.4) is 0 Å². The van der Waals surface area contributed by atoms with Gasteiger partial charge in [0.2, 0.25) is 0 Å². The number of hydrogen-bond donors (Lipinski definition) is 0. The van der Waals surface area contributed by atoms with Crippen LogP contribution in [0, 0.1) is 35.0 Å². The summed E-state index contributed by atoms with van der Waals surface area (Å²) in [6.07, 6.45) is 3.96. The van der Waals surface area contributed by atoms with Gasteiger partial charge in [-0.25, -0.2) is 19.2 Å². The van der Waals surface area contributed by atoms with Gasteiger partial charge in [-0.3, -0.25) is 0 Å². The molecule has 270 valence electrons. The lowest BCUT2D eigenvalue weighted by molar-refractivity contribution is -0.156. The van der Waals surface area contributed by atoms with E-state index in [0.717, 1.165) is 37.8 Å². The maximum Gasteiger partial charge on any atom is 0.423 e. The molecule has 8 nitrogen and oxygen atoms in total. The molecule has 49 heavy (non-hydrogen) atoms. The number of esters is 4. The minimum atomic E-state index is -1.65. The molecule has 2 aromatic carbocycles. The molecule has 1 saturated carbocycles. The number of rotatable bonds is 14. The van der Waals surface area contributed by atoms with Crippen LogP contribution in [0.1, 0.15) is 94.9 Å². The average Bonchev–Trinajstić information content (AvgIpc) is 3.75. The van der Waals surface area contributed by atoms with Crippen molar-refractivity contribution < 1.29 is 38.1 Å². The Hall–Kier alpha value is -1.94. The number of carbonyl (C=O) groups is 4. The van der Waals surface area contributed by atoms with Crippen molar-refractivity contribution in [3.8, 4) is 11.5 Å². The maximum atomic E-state index is 13.3. The molecule has 1 fully saturated rings. The zero-order chi connectivity index (χ0) is 37.0. The van der Waals surface area contributed by atoms with E-state index in [1.807, 2.05) is 13.8 Å². The lowest BCUT2D eigenvalue weighted by Gasteiger charge is -2.23. The molecule has 1 aliphatic carbocycles. The number of hydrogen-bond acceptors (Lipinski definition) is 8. The second-order valence-electron chi connectivity index (χ2n) is 13.2. The molecule has 0 saturated heterocycles. The highest BCUT2D eigenvalue weighted by molar-refractivity contribution is 6.47. The Balaban J connectivity index is 1.81. The molecule has 2 aromatic rings. The normalized spacial score (nSPS) is 19.3. The van der Waals surface area contributed by atoms with E-state index in [4.69, 9.17) is 88.6 Å². The summed E-state index contributed by atoms with van der Waals surface area (Å²) in [5, 5.41) is -1.50. The third-order valence-electron chi connectivity index (χ3n) is 9.53. The average molecular weight is 801 g/mol. The highest BCUT2D eigenvalue weighted by Gasteiger charge is 2.51. The van der Waals surface area contributed by atoms with Crippen molar-refractivity contribution in [1.29, 1.82) is 0 Å². The molecule has 0 aliphatic heterocycles. The highest BCUT2D eigenvalue weighted by Crippen LogP contribution is 2.58. The molecule has 0 bridgehead atoms. The Labute approximate surface area is 317 Å². The van der Waals surface area contributed by atoms with Crippen molar-refractivity contribution in [3.05, 3.63) is 53.4 Å². The van der Waals surface area contributed by atoms with Gasteiger partial charge in [0.1, 0.15) is 11.1 Å². The van der Waals surface area contributed by atoms with Gasteiger partial charge >= 0.3 is 23.9 Å². The molecular formula is C35H40Cl6O8. The fraction of sp³-hybridized carbons (Fsp3) is 0.543. The van der Waals surface area contributed by atoms with Crippen molar-refractivity contribution in [2.45, 2.75) is 74.1 Å². The quantitative estimate of drug-likeness (QED) is 0.0805. The molecule has 0 radical (unpaired) electrons. The Morgan fingerprint density at radius 1 is 0.735 bits per heavy atom. The second-order valence-corrected chi connectivity index (χ2v) is 15.6. The standard InChI is InChI=1S/C35H40Cl6O8/c1-8-16(3)10-17(4)18(5)14-46-31(42)25-27(40)21(36)11-23(38)29(25)48-33(44)34(45)49-30-24(39)12-22(37)28(41)26(30)32(43)47-15-19(6)20-13-35(20,7)9-2/h11-12,16-20H,8-10,13-15H2,1-7H3. The van der Waals surface area contributed by atoms with Crippen LogP contribution in [0.5, 0.6) is 11.5 Å². The van der Waals surface area contributed by atoms with E-state index in [1.54, 1.807) is 0 Å². The molecule has 6 atom stereocenters. The van der Waals surface area contributed by atoms with E-state index < -0.39 is 46.5 Å². The Morgan fingerprint density at radius 3 is 1.59 bits per heavy atom. The van der Waals surface area contributed by atoms with Crippen LogP contribution >= 0.6 is 69.6 Å². The Bertz CT molecular complexity index is 1600. The monoisotopic (exact) mass is 798 g/mol. The van der Waals surface area contributed by atoms with Crippen LogP contribution in [-0.4, -0.2) is 37.1 Å². The second kappa shape index (κ2) is 17.5. The summed E-state index contributed by atoms with van der Waals surface area (Å²) >= 11 is 37.6. The number of ether oxygens (including phenoxy) is 4. The third-order valence-corrected chi connectivity index (χ3v) is 11.7. The van der Waals surface area contributed by atoms with E-state index in [9.17, 15) is 19.2 Å². The third kappa shape index (κ3) is 10.1. The van der Waals surface area contributed by atoms with Gasteiger partial charge in [0.25, 0.3) is 0 Å². The fourth-order valence-corrected chi connectivity index (χ4v) is 7.04. The van der Waals surface area contributed by atoms with Gasteiger partial charge in [0.15, 0.2) is 11.5 Å². The van der Waals surface area contributed by atoms with Crippen LogP contribution in [0.25, 0.3) is 0 Å². The Morgan fingerprint density at radius 2 is 1.18 bits per heavy atom. The van der Waals surface area contributed by atoms with Crippen molar-refractivity contribution in [3.63, 3.8) is 0 Å². The molecular weight excluding hydrogens is 761 g/mol. The molecule has 1 aliphatic rings. The topological polar surface area (TPSA) is 105 Å². The van der Waals surface area contributed by atoms with Gasteiger partial charge in [0.05, 0.1) is 43.3 Å². The van der Waals surface area contributed by atoms with Gasteiger partial charge in [0, 0.05) is 0 Å². The van der Waals surface area contributed by atoms with Gasteiger partial charge < -0.3 is 18.9 Å². The van der Waals surface area contributed by atoms with Gasteiger partial charge in [-0.15, -0.1) is 0 Å². The van der Waals surface area contributed by atoms with Gasteiger partial charge in [-0.1, -0.05) is 131 Å². The van der Waals surface area contributed by atoms with E-state index in [1.165, 1.54) is 0 Å². The largest absolute Gasteiger partial charge is 0.462 e. The van der Waals surface area contributed by atoms with Crippen LogP contribution in [-0.2, 0) is 19.1 Å². The number of benzene rings is 2. The van der Waals surface area contributed by atoms with Crippen molar-refractivity contribution in [1.82, 2.24) is 0 Å². The van der Waals surface area contributed by atoms with Crippen LogP contribution in [0.2, 0.25) is 30.1 Å². The SMILES string of the molecule is CCC(C)CC(C)C(C)COC(=O)c1c(Cl)c(Cl)cc(Cl)c1OC(=O)C(=O)Oc1c(Cl)cc(Cl)c(Cl)c1C(=O)OCC(C)C1CC1(C)CC. The molecule has 0 aromatic heterocycles. The lowest BCUT2D eigenvalue weighted by atomic mass is 9.87. The van der Waals surface area contributed by atoms with Gasteiger partial charge in [-0.2, -0.15) is 0 Å². The van der Waals surface area contributed by atoms with E-state index in [0.29, 0.717) is 11.8 Å². The van der Waals surface area contributed by atoms with E-state index in [-0.39, 0.29) is 66.5 Å². The zero-order valence-corrected chi connectivity index (χ0v) is 32.9. The molecule has 3 rings (SSSR count). The van der Waals surface area contributed by atoms with Crippen molar-refractivity contribution in [2.75, 3.05) is 13.2 Å². The van der Waals surface area contributed by atoms with Gasteiger partial charge in [-0.05, 0) is 60.0 Å². The summed E-state index contributed by atoms with van der Waals surface area (Å²) in [5.41, 5.74) is -0.750. The van der Waals surface area contributed by atoms with Crippen molar-refractivity contribution in [2.24, 2.45) is 35.0 Å². The summed E-state index contributed by atoms with van der Waals surface area (Å²) in [5.74, 6) is -5.29. The first kappa shape index (κ1) is 41.5. The molecule has 0 amide bonds. The minimum Gasteiger partial charge on any atom is -0.462 e. The van der Waals surface area contributed by atoms with Crippen LogP contribution in [0.15, 0.2) is 12.1 Å². The summed E-state index contributed by atoms with van der Waals surface area (Å²) in [6, 6.07) is 2.26. The van der Waals surface area contributed by atoms with Crippen molar-refractivity contribution >= 4 is 93.5 Å². The summed E-state index contributed by atoms with van der Waals surface area (Å²) in [7, 11) is 0. The molecule has 0 spiro atoms. The number of carbonyl (C=O) groups excluding carboxylic acids is 4. The van der Waals surface area contributed by atoms with Crippen LogP contribution in [0.4, 0.5) is 0 Å². The molecule has 0 N–H and O–H groups in total. The van der Waals surface area contributed by atoms with E-state index >= 15 is 0 Å². The Kier molecular flexibility index (Phi) is 14.8. The minimum absolute atomic E-state index is 0.0161.